The Labute approximate surface area is 124 Å². The molecule has 0 amide bonds. The Kier molecular flexibility index (Phi) is 2.22. The van der Waals surface area contributed by atoms with Gasteiger partial charge in [-0.15, -0.1) is 0 Å². The van der Waals surface area contributed by atoms with E-state index in [4.69, 9.17) is 0 Å². The molecule has 0 saturated heterocycles. The maximum atomic E-state index is 3.71. The van der Waals surface area contributed by atoms with E-state index in [1.54, 1.807) is 0 Å². The molecule has 1 aromatic carbocycles. The van der Waals surface area contributed by atoms with Crippen molar-refractivity contribution in [3.05, 3.63) is 59.0 Å². The van der Waals surface area contributed by atoms with E-state index < -0.39 is 0 Å². The highest BCUT2D eigenvalue weighted by atomic mass is 15.2. The molecule has 0 bridgehead atoms. The summed E-state index contributed by atoms with van der Waals surface area (Å²) >= 11 is 0. The molecule has 3 aromatic rings. The molecule has 21 heavy (non-hydrogen) atoms. The van der Waals surface area contributed by atoms with Gasteiger partial charge in [-0.05, 0) is 29.7 Å². The number of aromatic amines is 1. The fraction of sp³-hybridized carbons (Fsp3) is 0.333. The highest BCUT2D eigenvalue weighted by Gasteiger charge is 2.36. The van der Waals surface area contributed by atoms with E-state index in [2.05, 4.69) is 58.0 Å². The molecule has 0 fully saturated rings. The Morgan fingerprint density at radius 2 is 1.95 bits per heavy atom. The van der Waals surface area contributed by atoms with Crippen molar-refractivity contribution in [1.82, 2.24) is 14.5 Å². The number of rotatable bonds is 0. The first kappa shape index (κ1) is 11.6. The Hall–Kier alpha value is -2.00. The van der Waals surface area contributed by atoms with Crippen LogP contribution in [0.4, 0.5) is 0 Å². The van der Waals surface area contributed by atoms with Crippen molar-refractivity contribution < 1.29 is 0 Å². The third-order valence-electron chi connectivity index (χ3n) is 5.30. The lowest BCUT2D eigenvalue weighted by Gasteiger charge is -2.39. The molecule has 106 valence electrons. The molecule has 1 atom stereocenters. The Morgan fingerprint density at radius 3 is 2.90 bits per heavy atom. The lowest BCUT2D eigenvalue weighted by Crippen LogP contribution is -2.40. The highest BCUT2D eigenvalue weighted by molar-refractivity contribution is 5.85. The molecule has 0 radical (unpaired) electrons. The topological polar surface area (TPSA) is 24.0 Å². The number of H-pyrrole nitrogens is 1. The normalized spacial score (nSPS) is 21.1. The van der Waals surface area contributed by atoms with Crippen LogP contribution >= 0.6 is 0 Å². The van der Waals surface area contributed by atoms with Crippen LogP contribution in [0, 0.1) is 0 Å². The highest BCUT2D eigenvalue weighted by Crippen LogP contribution is 2.41. The summed E-state index contributed by atoms with van der Waals surface area (Å²) in [4.78, 5) is 6.35. The van der Waals surface area contributed by atoms with Crippen LogP contribution in [0.2, 0.25) is 0 Å². The smallest absolute Gasteiger partial charge is 0.0775 e. The number of nitrogens with zero attached hydrogens (tertiary/aromatic N) is 2. The minimum atomic E-state index is 0.422. The monoisotopic (exact) mass is 277 g/mol. The molecule has 3 heteroatoms. The zero-order chi connectivity index (χ0) is 14.0. The van der Waals surface area contributed by atoms with E-state index in [-0.39, 0.29) is 0 Å². The number of aromatic nitrogens is 2. The molecular formula is C18H19N3. The van der Waals surface area contributed by atoms with Gasteiger partial charge in [-0.25, -0.2) is 0 Å². The maximum Gasteiger partial charge on any atom is 0.0775 e. The molecule has 1 N–H and O–H groups in total. The summed E-state index contributed by atoms with van der Waals surface area (Å²) < 4.78 is 2.30. The zero-order valence-electron chi connectivity index (χ0n) is 12.3. The first-order valence-corrected chi connectivity index (χ1v) is 7.80. The maximum absolute atomic E-state index is 3.71. The van der Waals surface area contributed by atoms with E-state index in [9.17, 15) is 0 Å². The van der Waals surface area contributed by atoms with Gasteiger partial charge in [0.1, 0.15) is 0 Å². The number of benzene rings is 1. The van der Waals surface area contributed by atoms with E-state index in [0.29, 0.717) is 6.04 Å². The largest absolute Gasteiger partial charge is 0.357 e. The van der Waals surface area contributed by atoms with E-state index in [1.165, 1.54) is 52.9 Å². The van der Waals surface area contributed by atoms with Crippen LogP contribution in [0.3, 0.4) is 0 Å². The molecule has 0 spiro atoms. The molecule has 4 heterocycles. The standard InChI is InChI=1S/C18H19N3/c1-20-9-6-14-16(20)8-11-21-10-7-13-12-4-2-3-5-15(12)19-17(13)18(14)21/h2-6,9,18-19H,7-8,10-11H2,1H3. The van der Waals surface area contributed by atoms with Crippen LogP contribution in [-0.2, 0) is 19.9 Å². The Bertz CT molecular complexity index is 839. The molecule has 2 aromatic heterocycles. The number of fused-ring (bicyclic) bond motifs is 7. The third kappa shape index (κ3) is 1.47. The molecule has 3 nitrogen and oxygen atoms in total. The van der Waals surface area contributed by atoms with Gasteiger partial charge in [-0.1, -0.05) is 18.2 Å². The number of para-hydroxylation sites is 1. The summed E-state index contributed by atoms with van der Waals surface area (Å²) in [7, 11) is 2.17. The molecule has 1 unspecified atom stereocenters. The second kappa shape index (κ2) is 4.01. The number of hydrogen-bond acceptors (Lipinski definition) is 1. The molecule has 0 saturated carbocycles. The van der Waals surface area contributed by atoms with Crippen molar-refractivity contribution in [2.24, 2.45) is 7.05 Å². The summed E-state index contributed by atoms with van der Waals surface area (Å²) in [6.07, 6.45) is 4.55. The van der Waals surface area contributed by atoms with E-state index in [0.717, 1.165) is 6.42 Å². The molecule has 0 aliphatic carbocycles. The van der Waals surface area contributed by atoms with Crippen molar-refractivity contribution >= 4 is 10.9 Å². The first-order chi connectivity index (χ1) is 10.3. The molecule has 5 rings (SSSR count). The fourth-order valence-electron chi connectivity index (χ4n) is 4.28. The van der Waals surface area contributed by atoms with Crippen molar-refractivity contribution in [3.63, 3.8) is 0 Å². The number of aryl methyl sites for hydroxylation is 1. The third-order valence-corrected chi connectivity index (χ3v) is 5.30. The summed E-state index contributed by atoms with van der Waals surface area (Å²) in [5, 5.41) is 1.41. The van der Waals surface area contributed by atoms with Crippen LogP contribution in [0.25, 0.3) is 10.9 Å². The SMILES string of the molecule is Cn1ccc2c1CCN1CCc3c([nH]c4ccccc34)C21. The van der Waals surface area contributed by atoms with Crippen molar-refractivity contribution in [1.29, 1.82) is 0 Å². The Balaban J connectivity index is 1.77. The van der Waals surface area contributed by atoms with Gasteiger partial charge in [0.2, 0.25) is 0 Å². The number of nitrogens with one attached hydrogen (secondary N) is 1. The lowest BCUT2D eigenvalue weighted by molar-refractivity contribution is 0.197. The van der Waals surface area contributed by atoms with E-state index >= 15 is 0 Å². The summed E-state index contributed by atoms with van der Waals surface area (Å²) in [5.41, 5.74) is 7.24. The summed E-state index contributed by atoms with van der Waals surface area (Å²) in [6, 6.07) is 11.5. The second-order valence-corrected chi connectivity index (χ2v) is 6.33. The van der Waals surface area contributed by atoms with Crippen molar-refractivity contribution in [3.8, 4) is 0 Å². The average molecular weight is 277 g/mol. The predicted molar refractivity (Wildman–Crippen MR) is 84.5 cm³/mol. The predicted octanol–water partition coefficient (Wildman–Crippen LogP) is 3.01. The Morgan fingerprint density at radius 1 is 1.10 bits per heavy atom. The van der Waals surface area contributed by atoms with Crippen molar-refractivity contribution in [2.75, 3.05) is 13.1 Å². The van der Waals surface area contributed by atoms with Crippen LogP contribution in [0.1, 0.15) is 28.6 Å². The lowest BCUT2D eigenvalue weighted by atomic mass is 9.89. The first-order valence-electron chi connectivity index (χ1n) is 7.80. The minimum Gasteiger partial charge on any atom is -0.357 e. The van der Waals surface area contributed by atoms with Gasteiger partial charge in [0.15, 0.2) is 0 Å². The van der Waals surface area contributed by atoms with Gasteiger partial charge < -0.3 is 9.55 Å². The van der Waals surface area contributed by atoms with Gasteiger partial charge in [0.25, 0.3) is 0 Å². The average Bonchev–Trinajstić information content (AvgIpc) is 3.08. The molecular weight excluding hydrogens is 258 g/mol. The summed E-state index contributed by atoms with van der Waals surface area (Å²) in [6.45, 7) is 2.35. The van der Waals surface area contributed by atoms with Gasteiger partial charge in [-0.3, -0.25) is 4.90 Å². The van der Waals surface area contributed by atoms with Crippen LogP contribution < -0.4 is 0 Å². The summed E-state index contributed by atoms with van der Waals surface area (Å²) in [5.74, 6) is 0. The van der Waals surface area contributed by atoms with Gasteiger partial charge in [-0.2, -0.15) is 0 Å². The molecule has 2 aliphatic rings. The van der Waals surface area contributed by atoms with Crippen molar-refractivity contribution in [2.45, 2.75) is 18.9 Å². The van der Waals surface area contributed by atoms with Crippen LogP contribution in [0.5, 0.6) is 0 Å². The van der Waals surface area contributed by atoms with Gasteiger partial charge in [0.05, 0.1) is 6.04 Å². The van der Waals surface area contributed by atoms with Gasteiger partial charge in [0, 0.05) is 55.0 Å². The zero-order valence-corrected chi connectivity index (χ0v) is 12.3. The second-order valence-electron chi connectivity index (χ2n) is 6.33. The van der Waals surface area contributed by atoms with Crippen LogP contribution in [0.15, 0.2) is 36.5 Å². The van der Waals surface area contributed by atoms with Crippen LogP contribution in [-0.4, -0.2) is 27.5 Å². The minimum absolute atomic E-state index is 0.422. The molecule has 2 aliphatic heterocycles. The van der Waals surface area contributed by atoms with Gasteiger partial charge >= 0.3 is 0 Å². The fourth-order valence-corrected chi connectivity index (χ4v) is 4.28. The van der Waals surface area contributed by atoms with E-state index in [1.807, 2.05) is 0 Å². The quantitative estimate of drug-likeness (QED) is 0.671. The number of hydrogen-bond donors (Lipinski definition) is 1.